The Labute approximate surface area is 104 Å². The average Bonchev–Trinajstić information content (AvgIpc) is 2.19. The fraction of sp³-hybridized carbons (Fsp3) is 0.533. The lowest BCUT2D eigenvalue weighted by Gasteiger charge is -2.20. The highest BCUT2D eigenvalue weighted by Crippen LogP contribution is 2.09. The maximum Gasteiger partial charge on any atom is 0.138 e. The molecule has 0 aliphatic carbocycles. The molecule has 2 nitrogen and oxygen atoms in total. The second-order valence-electron chi connectivity index (χ2n) is 5.57. The van der Waals surface area contributed by atoms with Gasteiger partial charge in [-0.15, -0.1) is 0 Å². The molecule has 0 fully saturated rings. The number of benzene rings is 1. The zero-order chi connectivity index (χ0) is 12.9. The predicted molar refractivity (Wildman–Crippen MR) is 72.3 cm³/mol. The number of carbonyl (C=O) groups is 1. The molecule has 0 saturated carbocycles. The molecule has 1 rings (SSSR count). The van der Waals surface area contributed by atoms with Gasteiger partial charge < -0.3 is 5.32 Å². The number of Topliss-reactive ketones (excluding diaryl/α,β-unsaturated/α-hetero) is 1. The summed E-state index contributed by atoms with van der Waals surface area (Å²) in [4.78, 5) is 11.8. The zero-order valence-electron chi connectivity index (χ0n) is 11.3. The quantitative estimate of drug-likeness (QED) is 0.847. The second-order valence-corrected chi connectivity index (χ2v) is 5.57. The summed E-state index contributed by atoms with van der Waals surface area (Å²) in [5.41, 5.74) is 2.43. The van der Waals surface area contributed by atoms with Crippen LogP contribution in [0.25, 0.3) is 0 Å². The minimum absolute atomic E-state index is 0.0863. The van der Waals surface area contributed by atoms with Gasteiger partial charge in [0.25, 0.3) is 0 Å². The third kappa shape index (κ3) is 5.64. The summed E-state index contributed by atoms with van der Waals surface area (Å²) in [6.45, 7) is 9.14. The van der Waals surface area contributed by atoms with Crippen molar-refractivity contribution >= 4 is 5.78 Å². The van der Waals surface area contributed by atoms with E-state index in [4.69, 9.17) is 0 Å². The van der Waals surface area contributed by atoms with E-state index in [1.165, 1.54) is 5.56 Å². The largest absolute Gasteiger partial charge is 0.312 e. The maximum atomic E-state index is 11.8. The molecule has 0 atom stereocenters. The molecule has 1 aromatic carbocycles. The Hall–Kier alpha value is -1.15. The van der Waals surface area contributed by atoms with Crippen LogP contribution in [0.2, 0.25) is 0 Å². The Morgan fingerprint density at radius 1 is 1.24 bits per heavy atom. The van der Waals surface area contributed by atoms with E-state index in [2.05, 4.69) is 39.1 Å². The number of aryl methyl sites for hydroxylation is 1. The van der Waals surface area contributed by atoms with Crippen LogP contribution in [0.15, 0.2) is 24.3 Å². The summed E-state index contributed by atoms with van der Waals surface area (Å²) < 4.78 is 0. The van der Waals surface area contributed by atoms with E-state index in [1.807, 2.05) is 18.2 Å². The molecule has 0 amide bonds. The van der Waals surface area contributed by atoms with Crippen LogP contribution < -0.4 is 5.32 Å². The number of nitrogens with one attached hydrogen (secondary N) is 1. The molecule has 0 aromatic heterocycles. The topological polar surface area (TPSA) is 29.1 Å². The van der Waals surface area contributed by atoms with E-state index >= 15 is 0 Å². The fourth-order valence-electron chi connectivity index (χ4n) is 1.69. The number of hydrogen-bond donors (Lipinski definition) is 1. The molecule has 0 spiro atoms. The molecular formula is C15H23NO. The van der Waals surface area contributed by atoms with Gasteiger partial charge in [0.05, 0.1) is 0 Å². The van der Waals surface area contributed by atoms with Gasteiger partial charge in [0, 0.05) is 24.9 Å². The lowest BCUT2D eigenvalue weighted by Crippen LogP contribution is -2.37. The van der Waals surface area contributed by atoms with Crippen molar-refractivity contribution in [3.8, 4) is 0 Å². The Morgan fingerprint density at radius 2 is 1.88 bits per heavy atom. The SMILES string of the molecule is Cc1ccccc1CC(=O)CCNC(C)(C)C. The van der Waals surface area contributed by atoms with Gasteiger partial charge in [0.2, 0.25) is 0 Å². The molecular weight excluding hydrogens is 210 g/mol. The molecule has 0 aliphatic rings. The molecule has 2 heteroatoms. The van der Waals surface area contributed by atoms with Crippen LogP contribution in [0.1, 0.15) is 38.3 Å². The molecule has 0 radical (unpaired) electrons. The van der Waals surface area contributed by atoms with Crippen LogP contribution in [0.3, 0.4) is 0 Å². The summed E-state index contributed by atoms with van der Waals surface area (Å²) in [6.07, 6.45) is 1.16. The Morgan fingerprint density at radius 3 is 2.47 bits per heavy atom. The molecule has 0 bridgehead atoms. The summed E-state index contributed by atoms with van der Waals surface area (Å²) in [6, 6.07) is 8.08. The van der Waals surface area contributed by atoms with Gasteiger partial charge in [0.1, 0.15) is 5.78 Å². The molecule has 17 heavy (non-hydrogen) atoms. The standard InChI is InChI=1S/C15H23NO/c1-12-7-5-6-8-13(12)11-14(17)9-10-16-15(2,3)4/h5-8,16H,9-11H2,1-4H3. The minimum Gasteiger partial charge on any atom is -0.312 e. The number of hydrogen-bond acceptors (Lipinski definition) is 2. The molecule has 94 valence electrons. The highest BCUT2D eigenvalue weighted by molar-refractivity contribution is 5.81. The summed E-state index contributed by atoms with van der Waals surface area (Å²) in [5.74, 6) is 0.302. The number of rotatable bonds is 5. The van der Waals surface area contributed by atoms with E-state index in [0.717, 1.165) is 12.1 Å². The van der Waals surface area contributed by atoms with Crippen molar-refractivity contribution in [2.45, 2.75) is 46.1 Å². The van der Waals surface area contributed by atoms with E-state index < -0.39 is 0 Å². The average molecular weight is 233 g/mol. The van der Waals surface area contributed by atoms with Crippen LogP contribution in [0.5, 0.6) is 0 Å². The highest BCUT2D eigenvalue weighted by Gasteiger charge is 2.10. The van der Waals surface area contributed by atoms with E-state index in [0.29, 0.717) is 18.6 Å². The van der Waals surface area contributed by atoms with Gasteiger partial charge in [-0.25, -0.2) is 0 Å². The van der Waals surface area contributed by atoms with Crippen LogP contribution >= 0.6 is 0 Å². The van der Waals surface area contributed by atoms with Gasteiger partial charge in [-0.2, -0.15) is 0 Å². The first kappa shape index (κ1) is 13.9. The number of ketones is 1. The summed E-state index contributed by atoms with van der Waals surface area (Å²) >= 11 is 0. The van der Waals surface area contributed by atoms with Crippen LogP contribution in [-0.4, -0.2) is 17.9 Å². The molecule has 0 saturated heterocycles. The first-order valence-electron chi connectivity index (χ1n) is 6.20. The third-order valence-corrected chi connectivity index (χ3v) is 2.71. The summed E-state index contributed by atoms with van der Waals surface area (Å²) in [5, 5.41) is 3.33. The van der Waals surface area contributed by atoms with Crippen molar-refractivity contribution in [1.29, 1.82) is 0 Å². The van der Waals surface area contributed by atoms with Crippen LogP contribution in [0.4, 0.5) is 0 Å². The molecule has 1 aromatic rings. The van der Waals surface area contributed by atoms with Gasteiger partial charge >= 0.3 is 0 Å². The van der Waals surface area contributed by atoms with Crippen LogP contribution in [-0.2, 0) is 11.2 Å². The fourth-order valence-corrected chi connectivity index (χ4v) is 1.69. The highest BCUT2D eigenvalue weighted by atomic mass is 16.1. The van der Waals surface area contributed by atoms with Gasteiger partial charge in [-0.1, -0.05) is 24.3 Å². The minimum atomic E-state index is 0.0863. The van der Waals surface area contributed by atoms with E-state index in [-0.39, 0.29) is 5.54 Å². The first-order valence-corrected chi connectivity index (χ1v) is 6.20. The van der Waals surface area contributed by atoms with Crippen molar-refractivity contribution in [2.24, 2.45) is 0 Å². The molecule has 0 unspecified atom stereocenters. The predicted octanol–water partition coefficient (Wildman–Crippen LogP) is 2.88. The van der Waals surface area contributed by atoms with Crippen molar-refractivity contribution < 1.29 is 4.79 Å². The van der Waals surface area contributed by atoms with E-state index in [9.17, 15) is 4.79 Å². The first-order chi connectivity index (χ1) is 7.88. The van der Waals surface area contributed by atoms with Gasteiger partial charge in [-0.3, -0.25) is 4.79 Å². The number of carbonyl (C=O) groups excluding carboxylic acids is 1. The molecule has 0 heterocycles. The summed E-state index contributed by atoms with van der Waals surface area (Å²) in [7, 11) is 0. The third-order valence-electron chi connectivity index (χ3n) is 2.71. The van der Waals surface area contributed by atoms with Gasteiger partial charge in [-0.05, 0) is 38.8 Å². The molecule has 1 N–H and O–H groups in total. The zero-order valence-corrected chi connectivity index (χ0v) is 11.3. The van der Waals surface area contributed by atoms with Crippen molar-refractivity contribution in [2.75, 3.05) is 6.54 Å². The normalized spacial score (nSPS) is 11.5. The Kier molecular flexibility index (Phi) is 4.88. The maximum absolute atomic E-state index is 11.8. The van der Waals surface area contributed by atoms with Crippen molar-refractivity contribution in [3.05, 3.63) is 35.4 Å². The lowest BCUT2D eigenvalue weighted by atomic mass is 10.0. The smallest absolute Gasteiger partial charge is 0.138 e. The van der Waals surface area contributed by atoms with Crippen molar-refractivity contribution in [3.63, 3.8) is 0 Å². The molecule has 0 aliphatic heterocycles. The Bertz CT molecular complexity index is 377. The lowest BCUT2D eigenvalue weighted by molar-refractivity contribution is -0.118. The van der Waals surface area contributed by atoms with Crippen molar-refractivity contribution in [1.82, 2.24) is 5.32 Å². The van der Waals surface area contributed by atoms with E-state index in [1.54, 1.807) is 0 Å². The van der Waals surface area contributed by atoms with Gasteiger partial charge in [0.15, 0.2) is 0 Å². The Balaban J connectivity index is 2.38. The monoisotopic (exact) mass is 233 g/mol. The van der Waals surface area contributed by atoms with Crippen LogP contribution in [0, 0.1) is 6.92 Å². The second kappa shape index (κ2) is 5.97.